The summed E-state index contributed by atoms with van der Waals surface area (Å²) in [4.78, 5) is 27.0. The van der Waals surface area contributed by atoms with Gasteiger partial charge in [0.1, 0.15) is 11.1 Å². The van der Waals surface area contributed by atoms with Gasteiger partial charge in [0.05, 0.1) is 12.4 Å². The zero-order valence-corrected chi connectivity index (χ0v) is 19.3. The van der Waals surface area contributed by atoms with Gasteiger partial charge in [-0.2, -0.15) is 0 Å². The van der Waals surface area contributed by atoms with Gasteiger partial charge in [-0.05, 0) is 73.2 Å². The Kier molecular flexibility index (Phi) is 6.63. The maximum absolute atomic E-state index is 12.6. The van der Waals surface area contributed by atoms with Crippen LogP contribution in [-0.4, -0.2) is 24.2 Å². The molecule has 0 bridgehead atoms. The summed E-state index contributed by atoms with van der Waals surface area (Å²) in [5.74, 6) is 1.07. The molecule has 1 saturated heterocycles. The molecule has 1 aliphatic heterocycles. The van der Waals surface area contributed by atoms with Crippen molar-refractivity contribution in [1.29, 1.82) is 0 Å². The molecule has 4 rings (SSSR count). The number of halogens is 1. The molecular formula is C24H21BrN2O3S. The van der Waals surface area contributed by atoms with Crippen molar-refractivity contribution in [2.75, 3.05) is 22.6 Å². The smallest absolute Gasteiger partial charge is 0.255 e. The van der Waals surface area contributed by atoms with Gasteiger partial charge in [0.2, 0.25) is 5.91 Å². The van der Waals surface area contributed by atoms with Crippen LogP contribution < -0.4 is 15.0 Å². The van der Waals surface area contributed by atoms with Gasteiger partial charge in [0.25, 0.3) is 5.91 Å². The number of amides is 2. The minimum atomic E-state index is -0.178. The lowest BCUT2D eigenvalue weighted by molar-refractivity contribution is -0.115. The van der Waals surface area contributed by atoms with Gasteiger partial charge in [-0.1, -0.05) is 28.1 Å². The molecule has 3 aromatic rings. The van der Waals surface area contributed by atoms with Crippen LogP contribution in [0, 0.1) is 0 Å². The third kappa shape index (κ3) is 4.94. The van der Waals surface area contributed by atoms with Crippen molar-refractivity contribution >= 4 is 50.9 Å². The second-order valence-corrected chi connectivity index (χ2v) is 8.92. The van der Waals surface area contributed by atoms with E-state index in [1.807, 2.05) is 67.6 Å². The molecule has 0 radical (unpaired) electrons. The number of hydrogen-bond acceptors (Lipinski definition) is 4. The van der Waals surface area contributed by atoms with E-state index in [9.17, 15) is 9.59 Å². The molecule has 7 heteroatoms. The maximum atomic E-state index is 12.6. The maximum Gasteiger partial charge on any atom is 0.255 e. The molecule has 5 nitrogen and oxygen atoms in total. The number of ether oxygens (including phenoxy) is 1. The lowest BCUT2D eigenvalue weighted by Crippen LogP contribution is -2.27. The predicted octanol–water partition coefficient (Wildman–Crippen LogP) is 5.88. The molecule has 31 heavy (non-hydrogen) atoms. The summed E-state index contributed by atoms with van der Waals surface area (Å²) in [5, 5.41) is 2.79. The molecule has 0 aliphatic carbocycles. The van der Waals surface area contributed by atoms with Crippen molar-refractivity contribution < 1.29 is 14.3 Å². The number of benzene rings is 3. The monoisotopic (exact) mass is 496 g/mol. The number of rotatable bonds is 6. The van der Waals surface area contributed by atoms with Crippen LogP contribution in [0.3, 0.4) is 0 Å². The summed E-state index contributed by atoms with van der Waals surface area (Å²) in [5.41, 5.74) is 3.05. The molecular weight excluding hydrogens is 476 g/mol. The number of carbonyl (C=O) groups excluding carboxylic acids is 2. The van der Waals surface area contributed by atoms with E-state index in [0.717, 1.165) is 21.5 Å². The van der Waals surface area contributed by atoms with Crippen LogP contribution in [0.15, 0.2) is 77.3 Å². The van der Waals surface area contributed by atoms with E-state index in [0.29, 0.717) is 23.6 Å². The van der Waals surface area contributed by atoms with E-state index >= 15 is 0 Å². The topological polar surface area (TPSA) is 58.6 Å². The molecule has 0 aromatic heterocycles. The predicted molar refractivity (Wildman–Crippen MR) is 129 cm³/mol. The quantitative estimate of drug-likeness (QED) is 0.462. The van der Waals surface area contributed by atoms with Crippen molar-refractivity contribution in [2.24, 2.45) is 0 Å². The Balaban J connectivity index is 1.55. The van der Waals surface area contributed by atoms with E-state index in [2.05, 4.69) is 21.2 Å². The summed E-state index contributed by atoms with van der Waals surface area (Å²) in [6.07, 6.45) is 0. The summed E-state index contributed by atoms with van der Waals surface area (Å²) >= 11 is 4.95. The van der Waals surface area contributed by atoms with Crippen LogP contribution in [0.25, 0.3) is 0 Å². The number of carbonyl (C=O) groups is 2. The first-order valence-electron chi connectivity index (χ1n) is 9.88. The normalized spacial score (nSPS) is 15.7. The van der Waals surface area contributed by atoms with Crippen LogP contribution in [0.5, 0.6) is 5.75 Å². The first kappa shape index (κ1) is 21.5. The van der Waals surface area contributed by atoms with Gasteiger partial charge in [-0.25, -0.2) is 0 Å². The Morgan fingerprint density at radius 1 is 1.13 bits per heavy atom. The van der Waals surface area contributed by atoms with Crippen molar-refractivity contribution in [3.05, 3.63) is 88.4 Å². The first-order chi connectivity index (χ1) is 15.0. The second kappa shape index (κ2) is 9.58. The standard InChI is InChI=1S/C24H21BrN2O3S/c1-2-30-21-12-10-20(11-13-21)27-22(28)15-31-24(27)17-4-3-5-19(14-17)26-23(29)16-6-8-18(25)9-7-16/h3-14,24H,2,15H2,1H3,(H,26,29). The van der Waals surface area contributed by atoms with Gasteiger partial charge >= 0.3 is 0 Å². The first-order valence-corrected chi connectivity index (χ1v) is 11.7. The molecule has 1 N–H and O–H groups in total. The fourth-order valence-electron chi connectivity index (χ4n) is 3.39. The molecule has 1 aliphatic rings. The zero-order chi connectivity index (χ0) is 21.8. The third-order valence-electron chi connectivity index (χ3n) is 4.83. The number of nitrogens with one attached hydrogen (secondary N) is 1. The Morgan fingerprint density at radius 3 is 2.58 bits per heavy atom. The second-order valence-electron chi connectivity index (χ2n) is 6.94. The van der Waals surface area contributed by atoms with Gasteiger partial charge < -0.3 is 10.1 Å². The lowest BCUT2D eigenvalue weighted by atomic mass is 10.1. The van der Waals surface area contributed by atoms with Crippen molar-refractivity contribution in [1.82, 2.24) is 0 Å². The Hall–Kier alpha value is -2.77. The molecule has 1 atom stereocenters. The number of anilines is 2. The fourth-order valence-corrected chi connectivity index (χ4v) is 4.83. The fraction of sp³-hybridized carbons (Fsp3) is 0.167. The largest absolute Gasteiger partial charge is 0.494 e. The van der Waals surface area contributed by atoms with Gasteiger partial charge in [-0.15, -0.1) is 11.8 Å². The van der Waals surface area contributed by atoms with E-state index in [4.69, 9.17) is 4.74 Å². The molecule has 158 valence electrons. The lowest BCUT2D eigenvalue weighted by Gasteiger charge is -2.25. The van der Waals surface area contributed by atoms with E-state index in [1.165, 1.54) is 0 Å². The molecule has 0 saturated carbocycles. The highest BCUT2D eigenvalue weighted by molar-refractivity contribution is 9.10. The average molecular weight is 497 g/mol. The Morgan fingerprint density at radius 2 is 1.87 bits per heavy atom. The summed E-state index contributed by atoms with van der Waals surface area (Å²) in [6, 6.07) is 22.4. The minimum absolute atomic E-state index is 0.0588. The van der Waals surface area contributed by atoms with Crippen LogP contribution in [-0.2, 0) is 4.79 Å². The summed E-state index contributed by atoms with van der Waals surface area (Å²) < 4.78 is 6.43. The highest BCUT2D eigenvalue weighted by atomic mass is 79.9. The average Bonchev–Trinajstić information content (AvgIpc) is 3.16. The Labute approximate surface area is 193 Å². The zero-order valence-electron chi connectivity index (χ0n) is 16.9. The summed E-state index contributed by atoms with van der Waals surface area (Å²) in [7, 11) is 0. The van der Waals surface area contributed by atoms with Crippen LogP contribution in [0.4, 0.5) is 11.4 Å². The molecule has 3 aromatic carbocycles. The van der Waals surface area contributed by atoms with Crippen molar-refractivity contribution in [3.63, 3.8) is 0 Å². The number of thioether (sulfide) groups is 1. The number of nitrogens with zero attached hydrogens (tertiary/aromatic N) is 1. The van der Waals surface area contributed by atoms with E-state index in [-0.39, 0.29) is 17.2 Å². The third-order valence-corrected chi connectivity index (χ3v) is 6.57. The molecule has 0 spiro atoms. The van der Waals surface area contributed by atoms with Crippen LogP contribution >= 0.6 is 27.7 Å². The molecule has 2 amide bonds. The summed E-state index contributed by atoms with van der Waals surface area (Å²) in [6.45, 7) is 2.53. The SMILES string of the molecule is CCOc1ccc(N2C(=O)CSC2c2cccc(NC(=O)c3ccc(Br)cc3)c2)cc1. The molecule has 1 fully saturated rings. The van der Waals surface area contributed by atoms with Crippen LogP contribution in [0.1, 0.15) is 28.2 Å². The van der Waals surface area contributed by atoms with Crippen LogP contribution in [0.2, 0.25) is 0 Å². The molecule has 1 heterocycles. The number of hydrogen-bond donors (Lipinski definition) is 1. The highest BCUT2D eigenvalue weighted by Gasteiger charge is 2.34. The van der Waals surface area contributed by atoms with E-state index < -0.39 is 0 Å². The van der Waals surface area contributed by atoms with Gasteiger partial charge in [-0.3, -0.25) is 14.5 Å². The highest BCUT2D eigenvalue weighted by Crippen LogP contribution is 2.42. The minimum Gasteiger partial charge on any atom is -0.494 e. The van der Waals surface area contributed by atoms with Crippen molar-refractivity contribution in [3.8, 4) is 5.75 Å². The molecule has 1 unspecified atom stereocenters. The van der Waals surface area contributed by atoms with Gasteiger partial charge in [0, 0.05) is 21.4 Å². The van der Waals surface area contributed by atoms with Gasteiger partial charge in [0.15, 0.2) is 0 Å². The Bertz CT molecular complexity index is 1090. The van der Waals surface area contributed by atoms with Crippen molar-refractivity contribution in [2.45, 2.75) is 12.3 Å². The van der Waals surface area contributed by atoms with E-state index in [1.54, 1.807) is 28.8 Å².